The molecular weight excluding hydrogens is 356 g/mol. The van der Waals surface area contributed by atoms with Crippen molar-refractivity contribution < 1.29 is 0 Å². The lowest BCUT2D eigenvalue weighted by Crippen LogP contribution is -2.48. The molecule has 0 amide bonds. The lowest BCUT2D eigenvalue weighted by molar-refractivity contribution is 0.213. The van der Waals surface area contributed by atoms with Crippen molar-refractivity contribution in [2.45, 2.75) is 20.3 Å². The summed E-state index contributed by atoms with van der Waals surface area (Å²) in [6.07, 6.45) is 1.29. The van der Waals surface area contributed by atoms with E-state index in [1.54, 1.807) is 0 Å². The SMILES string of the molecule is Cc1cccc(N2CCN(CCCN3CCN(c4cccc(C)c4)CC3)CC2)c1. The summed E-state index contributed by atoms with van der Waals surface area (Å²) in [4.78, 5) is 10.4. The number of anilines is 2. The van der Waals surface area contributed by atoms with Gasteiger partial charge in [-0.05, 0) is 68.8 Å². The highest BCUT2D eigenvalue weighted by Gasteiger charge is 2.19. The van der Waals surface area contributed by atoms with E-state index in [0.717, 1.165) is 26.2 Å². The highest BCUT2D eigenvalue weighted by atomic mass is 15.3. The third kappa shape index (κ3) is 5.52. The van der Waals surface area contributed by atoms with Crippen LogP contribution < -0.4 is 9.80 Å². The molecule has 0 unspecified atom stereocenters. The molecule has 2 aliphatic rings. The quantitative estimate of drug-likeness (QED) is 0.744. The molecule has 4 rings (SSSR count). The van der Waals surface area contributed by atoms with Crippen molar-refractivity contribution in [2.75, 3.05) is 75.2 Å². The van der Waals surface area contributed by atoms with Crippen molar-refractivity contribution >= 4 is 11.4 Å². The van der Waals surface area contributed by atoms with E-state index in [1.807, 2.05) is 0 Å². The first-order valence-electron chi connectivity index (χ1n) is 11.3. The molecule has 2 aromatic rings. The van der Waals surface area contributed by atoms with Crippen LogP contribution in [0.3, 0.4) is 0 Å². The molecule has 0 saturated carbocycles. The first kappa shape index (κ1) is 20.2. The van der Waals surface area contributed by atoms with E-state index in [0.29, 0.717) is 0 Å². The van der Waals surface area contributed by atoms with Gasteiger partial charge < -0.3 is 9.80 Å². The Kier molecular flexibility index (Phi) is 6.73. The Labute approximate surface area is 176 Å². The zero-order valence-electron chi connectivity index (χ0n) is 18.2. The zero-order valence-corrected chi connectivity index (χ0v) is 18.2. The maximum absolute atomic E-state index is 2.65. The fourth-order valence-corrected chi connectivity index (χ4v) is 4.63. The molecule has 0 radical (unpaired) electrons. The Morgan fingerprint density at radius 3 is 1.38 bits per heavy atom. The molecule has 0 bridgehead atoms. The lowest BCUT2D eigenvalue weighted by Gasteiger charge is -2.38. The summed E-state index contributed by atoms with van der Waals surface area (Å²) in [5.41, 5.74) is 5.48. The Morgan fingerprint density at radius 1 is 0.586 bits per heavy atom. The predicted octanol–water partition coefficient (Wildman–Crippen LogP) is 3.64. The van der Waals surface area contributed by atoms with Gasteiger partial charge >= 0.3 is 0 Å². The first-order valence-corrected chi connectivity index (χ1v) is 11.3. The summed E-state index contributed by atoms with van der Waals surface area (Å²) >= 11 is 0. The van der Waals surface area contributed by atoms with E-state index in [4.69, 9.17) is 0 Å². The molecule has 2 fully saturated rings. The van der Waals surface area contributed by atoms with Gasteiger partial charge in [0.1, 0.15) is 0 Å². The topological polar surface area (TPSA) is 13.0 Å². The van der Waals surface area contributed by atoms with Crippen molar-refractivity contribution in [3.63, 3.8) is 0 Å². The summed E-state index contributed by atoms with van der Waals surface area (Å²) in [7, 11) is 0. The van der Waals surface area contributed by atoms with Crippen molar-refractivity contribution in [2.24, 2.45) is 0 Å². The summed E-state index contributed by atoms with van der Waals surface area (Å²) in [6, 6.07) is 17.8. The number of hydrogen-bond donors (Lipinski definition) is 0. The number of rotatable bonds is 6. The zero-order chi connectivity index (χ0) is 20.1. The number of benzene rings is 2. The van der Waals surface area contributed by atoms with E-state index < -0.39 is 0 Å². The molecule has 29 heavy (non-hydrogen) atoms. The van der Waals surface area contributed by atoms with Crippen molar-refractivity contribution in [3.8, 4) is 0 Å². The maximum atomic E-state index is 2.65. The minimum atomic E-state index is 1.15. The van der Waals surface area contributed by atoms with Crippen LogP contribution in [0.5, 0.6) is 0 Å². The van der Waals surface area contributed by atoms with Crippen molar-refractivity contribution in [1.29, 1.82) is 0 Å². The molecule has 0 aliphatic carbocycles. The Bertz CT molecular complexity index is 708. The monoisotopic (exact) mass is 392 g/mol. The van der Waals surface area contributed by atoms with Crippen LogP contribution in [-0.2, 0) is 0 Å². The Balaban J connectivity index is 1.14. The number of aryl methyl sites for hydroxylation is 2. The standard InChI is InChI=1S/C25H36N4/c1-22-6-3-8-24(20-22)28-16-12-26(13-17-28)10-5-11-27-14-18-29(19-15-27)25-9-4-7-23(2)21-25/h3-4,6-9,20-21H,5,10-19H2,1-2H3. The van der Waals surface area contributed by atoms with E-state index in [-0.39, 0.29) is 0 Å². The molecule has 0 N–H and O–H groups in total. The van der Waals surface area contributed by atoms with Gasteiger partial charge in [0.2, 0.25) is 0 Å². The first-order chi connectivity index (χ1) is 14.2. The second-order valence-electron chi connectivity index (χ2n) is 8.69. The van der Waals surface area contributed by atoms with Crippen LogP contribution in [0, 0.1) is 13.8 Å². The molecule has 0 aromatic heterocycles. The molecular formula is C25H36N4. The van der Waals surface area contributed by atoms with Crippen LogP contribution in [0.25, 0.3) is 0 Å². The molecule has 2 aromatic carbocycles. The second kappa shape index (κ2) is 9.64. The van der Waals surface area contributed by atoms with Gasteiger partial charge in [-0.15, -0.1) is 0 Å². The number of piperazine rings is 2. The molecule has 0 atom stereocenters. The van der Waals surface area contributed by atoms with E-state index >= 15 is 0 Å². The van der Waals surface area contributed by atoms with Crippen molar-refractivity contribution in [3.05, 3.63) is 59.7 Å². The highest BCUT2D eigenvalue weighted by molar-refractivity contribution is 5.49. The minimum Gasteiger partial charge on any atom is -0.369 e. The molecule has 156 valence electrons. The van der Waals surface area contributed by atoms with Crippen LogP contribution in [0.15, 0.2) is 48.5 Å². The summed E-state index contributed by atoms with van der Waals surface area (Å²) in [6.45, 7) is 16.2. The Hall–Kier alpha value is -2.04. The van der Waals surface area contributed by atoms with Gasteiger partial charge in [-0.25, -0.2) is 0 Å². The third-order valence-corrected chi connectivity index (χ3v) is 6.43. The average molecular weight is 393 g/mol. The Morgan fingerprint density at radius 2 is 1.00 bits per heavy atom. The molecule has 0 spiro atoms. The highest BCUT2D eigenvalue weighted by Crippen LogP contribution is 2.19. The van der Waals surface area contributed by atoms with Crippen molar-refractivity contribution in [1.82, 2.24) is 9.80 Å². The fraction of sp³-hybridized carbons (Fsp3) is 0.520. The smallest absolute Gasteiger partial charge is 0.0369 e. The lowest BCUT2D eigenvalue weighted by atomic mass is 10.2. The summed E-state index contributed by atoms with van der Waals surface area (Å²) < 4.78 is 0. The average Bonchev–Trinajstić information content (AvgIpc) is 2.75. The molecule has 4 heteroatoms. The predicted molar refractivity (Wildman–Crippen MR) is 124 cm³/mol. The largest absolute Gasteiger partial charge is 0.369 e. The maximum Gasteiger partial charge on any atom is 0.0369 e. The molecule has 2 heterocycles. The second-order valence-corrected chi connectivity index (χ2v) is 8.69. The van der Waals surface area contributed by atoms with Gasteiger partial charge in [0.25, 0.3) is 0 Å². The van der Waals surface area contributed by atoms with Gasteiger partial charge in [0, 0.05) is 63.7 Å². The number of hydrogen-bond acceptors (Lipinski definition) is 4. The molecule has 4 nitrogen and oxygen atoms in total. The van der Waals surface area contributed by atoms with Crippen LogP contribution in [0.4, 0.5) is 11.4 Å². The van der Waals surface area contributed by atoms with E-state index in [9.17, 15) is 0 Å². The minimum absolute atomic E-state index is 1.15. The summed E-state index contributed by atoms with van der Waals surface area (Å²) in [5.74, 6) is 0. The van der Waals surface area contributed by atoms with Gasteiger partial charge in [-0.2, -0.15) is 0 Å². The molecule has 2 aliphatic heterocycles. The van der Waals surface area contributed by atoms with Crippen LogP contribution in [-0.4, -0.2) is 75.2 Å². The third-order valence-electron chi connectivity index (χ3n) is 6.43. The van der Waals surface area contributed by atoms with Gasteiger partial charge in [0.15, 0.2) is 0 Å². The fourth-order valence-electron chi connectivity index (χ4n) is 4.63. The van der Waals surface area contributed by atoms with Crippen LogP contribution in [0.1, 0.15) is 17.5 Å². The van der Waals surface area contributed by atoms with E-state index in [2.05, 4.69) is 82.0 Å². The van der Waals surface area contributed by atoms with Crippen LogP contribution >= 0.6 is 0 Å². The summed E-state index contributed by atoms with van der Waals surface area (Å²) in [5, 5.41) is 0. The van der Waals surface area contributed by atoms with Gasteiger partial charge in [-0.1, -0.05) is 24.3 Å². The van der Waals surface area contributed by atoms with E-state index in [1.165, 1.54) is 68.2 Å². The van der Waals surface area contributed by atoms with Gasteiger partial charge in [-0.3, -0.25) is 9.80 Å². The normalized spacial score (nSPS) is 19.0. The van der Waals surface area contributed by atoms with Crippen LogP contribution in [0.2, 0.25) is 0 Å². The van der Waals surface area contributed by atoms with Gasteiger partial charge in [0.05, 0.1) is 0 Å². The molecule has 2 saturated heterocycles. The number of nitrogens with zero attached hydrogens (tertiary/aromatic N) is 4.